The highest BCUT2D eigenvalue weighted by Gasteiger charge is 2.06. The number of rotatable bonds is 1. The Morgan fingerprint density at radius 1 is 1.36 bits per heavy atom. The Labute approximate surface area is 95.6 Å². The van der Waals surface area contributed by atoms with E-state index in [1.54, 1.807) is 18.2 Å². The van der Waals surface area contributed by atoms with Crippen molar-refractivity contribution < 1.29 is 4.42 Å². The van der Waals surface area contributed by atoms with Crippen LogP contribution in [0.25, 0.3) is 11.5 Å². The number of hydrogen-bond acceptors (Lipinski definition) is 3. The first-order valence-corrected chi connectivity index (χ1v) is 5.26. The number of halogens is 2. The quantitative estimate of drug-likeness (QED) is 0.878. The molecular formula is C8H4Br2N2O2. The number of aromatic nitrogens is 2. The molecule has 0 fully saturated rings. The molecule has 0 amide bonds. The predicted molar refractivity (Wildman–Crippen MR) is 58.0 cm³/mol. The van der Waals surface area contributed by atoms with Gasteiger partial charge in [0.1, 0.15) is 5.69 Å². The molecule has 14 heavy (non-hydrogen) atoms. The fraction of sp³-hybridized carbons (Fsp3) is 0. The molecule has 0 spiro atoms. The molecule has 2 aromatic heterocycles. The molecule has 0 atom stereocenters. The van der Waals surface area contributed by atoms with Crippen LogP contribution >= 0.6 is 31.9 Å². The van der Waals surface area contributed by atoms with Crippen molar-refractivity contribution in [2.24, 2.45) is 0 Å². The first-order chi connectivity index (χ1) is 6.66. The standard InChI is InChI=1S/C8H4Br2N2O2/c9-4-3-5(11-12-8(4)13)6-1-2-7(10)14-6/h1-3H,(H,12,13). The van der Waals surface area contributed by atoms with Crippen LogP contribution < -0.4 is 5.56 Å². The highest BCUT2D eigenvalue weighted by Crippen LogP contribution is 2.23. The maximum Gasteiger partial charge on any atom is 0.278 e. The average molecular weight is 320 g/mol. The van der Waals surface area contributed by atoms with Crippen molar-refractivity contribution >= 4 is 31.9 Å². The first-order valence-electron chi connectivity index (χ1n) is 3.68. The number of furan rings is 1. The van der Waals surface area contributed by atoms with E-state index >= 15 is 0 Å². The lowest BCUT2D eigenvalue weighted by Crippen LogP contribution is -2.08. The van der Waals surface area contributed by atoms with Gasteiger partial charge < -0.3 is 4.42 Å². The van der Waals surface area contributed by atoms with Crippen LogP contribution in [0.15, 0.2) is 36.6 Å². The fourth-order valence-corrected chi connectivity index (χ4v) is 1.57. The Bertz CT molecular complexity index is 518. The predicted octanol–water partition coefficient (Wildman–Crippen LogP) is 2.55. The van der Waals surface area contributed by atoms with Crippen LogP contribution in [0.4, 0.5) is 0 Å². The Balaban J connectivity index is 2.52. The van der Waals surface area contributed by atoms with Crippen LogP contribution in [0.5, 0.6) is 0 Å². The molecule has 0 radical (unpaired) electrons. The van der Waals surface area contributed by atoms with Crippen molar-refractivity contribution in [2.45, 2.75) is 0 Å². The van der Waals surface area contributed by atoms with Gasteiger partial charge in [0, 0.05) is 0 Å². The van der Waals surface area contributed by atoms with Crippen LogP contribution in [-0.4, -0.2) is 10.2 Å². The highest BCUT2D eigenvalue weighted by molar-refractivity contribution is 9.10. The monoisotopic (exact) mass is 318 g/mol. The Morgan fingerprint density at radius 3 is 2.71 bits per heavy atom. The number of nitrogens with one attached hydrogen (secondary N) is 1. The molecule has 0 aliphatic rings. The van der Waals surface area contributed by atoms with Gasteiger partial charge in [-0.3, -0.25) is 4.79 Å². The highest BCUT2D eigenvalue weighted by atomic mass is 79.9. The molecule has 0 saturated carbocycles. The smallest absolute Gasteiger partial charge is 0.278 e. The van der Waals surface area contributed by atoms with Gasteiger partial charge in [0.25, 0.3) is 5.56 Å². The normalized spacial score (nSPS) is 10.4. The van der Waals surface area contributed by atoms with E-state index in [1.807, 2.05) is 0 Å². The Morgan fingerprint density at radius 2 is 2.14 bits per heavy atom. The zero-order valence-electron chi connectivity index (χ0n) is 6.75. The summed E-state index contributed by atoms with van der Waals surface area (Å²) in [5, 5.41) is 6.19. The van der Waals surface area contributed by atoms with E-state index in [9.17, 15) is 4.79 Å². The molecule has 2 aromatic rings. The summed E-state index contributed by atoms with van der Waals surface area (Å²) in [7, 11) is 0. The van der Waals surface area contributed by atoms with E-state index in [4.69, 9.17) is 4.42 Å². The molecular weight excluding hydrogens is 316 g/mol. The molecule has 2 rings (SSSR count). The molecule has 0 unspecified atom stereocenters. The van der Waals surface area contributed by atoms with Crippen molar-refractivity contribution in [1.29, 1.82) is 0 Å². The van der Waals surface area contributed by atoms with Crippen LogP contribution in [0.3, 0.4) is 0 Å². The summed E-state index contributed by atoms with van der Waals surface area (Å²) in [4.78, 5) is 11.0. The molecule has 0 saturated heterocycles. The summed E-state index contributed by atoms with van der Waals surface area (Å²) in [6.45, 7) is 0. The molecule has 4 nitrogen and oxygen atoms in total. The van der Waals surface area contributed by atoms with Crippen molar-refractivity contribution in [3.05, 3.63) is 37.7 Å². The van der Waals surface area contributed by atoms with Crippen LogP contribution in [0, 0.1) is 0 Å². The lowest BCUT2D eigenvalue weighted by molar-refractivity contribution is 0.552. The number of aromatic amines is 1. The molecule has 0 aliphatic heterocycles. The summed E-state index contributed by atoms with van der Waals surface area (Å²) in [5.74, 6) is 0.592. The molecule has 6 heteroatoms. The minimum Gasteiger partial charge on any atom is -0.448 e. The second-order valence-electron chi connectivity index (χ2n) is 2.53. The van der Waals surface area contributed by atoms with Gasteiger partial charge in [0.15, 0.2) is 10.4 Å². The van der Waals surface area contributed by atoms with Gasteiger partial charge in [-0.25, -0.2) is 5.10 Å². The zero-order valence-corrected chi connectivity index (χ0v) is 9.92. The first kappa shape index (κ1) is 9.67. The largest absolute Gasteiger partial charge is 0.448 e. The van der Waals surface area contributed by atoms with Gasteiger partial charge in [0.2, 0.25) is 0 Å². The van der Waals surface area contributed by atoms with Gasteiger partial charge >= 0.3 is 0 Å². The Kier molecular flexibility index (Phi) is 2.56. The second-order valence-corrected chi connectivity index (χ2v) is 4.17. The van der Waals surface area contributed by atoms with Gasteiger partial charge in [-0.2, -0.15) is 5.10 Å². The third-order valence-corrected chi connectivity index (χ3v) is 2.60. The van der Waals surface area contributed by atoms with Gasteiger partial charge in [-0.05, 0) is 50.1 Å². The summed E-state index contributed by atoms with van der Waals surface area (Å²) < 4.78 is 6.32. The van der Waals surface area contributed by atoms with E-state index < -0.39 is 0 Å². The molecule has 0 aliphatic carbocycles. The summed E-state index contributed by atoms with van der Waals surface area (Å²) in [6.07, 6.45) is 0. The lowest BCUT2D eigenvalue weighted by Gasteiger charge is -1.94. The minimum absolute atomic E-state index is 0.264. The zero-order chi connectivity index (χ0) is 10.1. The summed E-state index contributed by atoms with van der Waals surface area (Å²) in [5.41, 5.74) is 0.307. The van der Waals surface area contributed by atoms with Crippen LogP contribution in [0.1, 0.15) is 0 Å². The number of hydrogen-bond donors (Lipinski definition) is 1. The SMILES string of the molecule is O=c1[nH]nc(-c2ccc(Br)o2)cc1Br. The number of nitrogens with zero attached hydrogens (tertiary/aromatic N) is 1. The maximum atomic E-state index is 11.0. The van der Waals surface area contributed by atoms with Gasteiger partial charge in [-0.15, -0.1) is 0 Å². The minimum atomic E-state index is -0.264. The van der Waals surface area contributed by atoms with Crippen molar-refractivity contribution in [1.82, 2.24) is 10.2 Å². The lowest BCUT2D eigenvalue weighted by atomic mass is 10.3. The van der Waals surface area contributed by atoms with E-state index in [2.05, 4.69) is 42.1 Å². The molecule has 0 aromatic carbocycles. The molecule has 0 bridgehead atoms. The molecule has 2 heterocycles. The van der Waals surface area contributed by atoms with Crippen molar-refractivity contribution in [3.63, 3.8) is 0 Å². The van der Waals surface area contributed by atoms with E-state index in [-0.39, 0.29) is 5.56 Å². The van der Waals surface area contributed by atoms with Crippen molar-refractivity contribution in [3.8, 4) is 11.5 Å². The second kappa shape index (κ2) is 3.70. The van der Waals surface area contributed by atoms with E-state index in [1.165, 1.54) is 0 Å². The third kappa shape index (κ3) is 1.80. The third-order valence-electron chi connectivity index (χ3n) is 1.58. The maximum absolute atomic E-state index is 11.0. The molecule has 1 N–H and O–H groups in total. The fourth-order valence-electron chi connectivity index (χ4n) is 0.960. The van der Waals surface area contributed by atoms with Crippen molar-refractivity contribution in [2.75, 3.05) is 0 Å². The van der Waals surface area contributed by atoms with E-state index in [0.29, 0.717) is 20.6 Å². The number of H-pyrrole nitrogens is 1. The van der Waals surface area contributed by atoms with Gasteiger partial charge in [-0.1, -0.05) is 0 Å². The van der Waals surface area contributed by atoms with E-state index in [0.717, 1.165) is 0 Å². The van der Waals surface area contributed by atoms with Gasteiger partial charge in [0.05, 0.1) is 4.47 Å². The van der Waals surface area contributed by atoms with Crippen LogP contribution in [0.2, 0.25) is 0 Å². The summed E-state index contributed by atoms with van der Waals surface area (Å²) in [6, 6.07) is 5.12. The topological polar surface area (TPSA) is 58.9 Å². The Hall–Kier alpha value is -0.880. The van der Waals surface area contributed by atoms with Crippen LogP contribution in [-0.2, 0) is 0 Å². The average Bonchev–Trinajstić information content (AvgIpc) is 2.57. The molecule has 72 valence electrons. The summed E-state index contributed by atoms with van der Waals surface area (Å²) >= 11 is 6.30.